The van der Waals surface area contributed by atoms with E-state index in [1.807, 2.05) is 11.9 Å². The lowest BCUT2D eigenvalue weighted by Crippen LogP contribution is -2.40. The Bertz CT molecular complexity index is 476. The van der Waals surface area contributed by atoms with Crippen molar-refractivity contribution in [1.29, 1.82) is 0 Å². The number of hydrogen-bond acceptors (Lipinski definition) is 5. The lowest BCUT2D eigenvalue weighted by atomic mass is 9.75. The van der Waals surface area contributed by atoms with E-state index >= 15 is 0 Å². The van der Waals surface area contributed by atoms with E-state index in [1.165, 1.54) is 24.2 Å². The van der Waals surface area contributed by atoms with Gasteiger partial charge < -0.3 is 10.2 Å². The van der Waals surface area contributed by atoms with Crippen LogP contribution in [0.25, 0.3) is 0 Å². The molecule has 1 heterocycles. The molecular weight excluding hydrogens is 284 g/mol. The normalized spacial score (nSPS) is 18.5. The molecule has 0 radical (unpaired) electrons. The first-order valence-corrected chi connectivity index (χ1v) is 8.59. The van der Waals surface area contributed by atoms with Crippen molar-refractivity contribution in [3.05, 3.63) is 5.01 Å². The highest BCUT2D eigenvalue weighted by molar-refractivity contribution is 7.17. The second-order valence-electron chi connectivity index (χ2n) is 6.65. The van der Waals surface area contributed by atoms with Crippen LogP contribution < -0.4 is 5.32 Å². The largest absolute Gasteiger partial charge is 0.360 e. The average molecular weight is 310 g/mol. The zero-order valence-corrected chi connectivity index (χ0v) is 14.3. The van der Waals surface area contributed by atoms with Gasteiger partial charge in [0.25, 0.3) is 5.91 Å². The van der Waals surface area contributed by atoms with Crippen LogP contribution in [0.2, 0.25) is 0 Å². The Labute approximate surface area is 131 Å². The van der Waals surface area contributed by atoms with E-state index < -0.39 is 0 Å². The van der Waals surface area contributed by atoms with Crippen LogP contribution in [0.1, 0.15) is 62.7 Å². The molecule has 0 spiro atoms. The monoisotopic (exact) mass is 310 g/mol. The molecule has 6 heteroatoms. The van der Waals surface area contributed by atoms with Crippen LogP contribution in [-0.4, -0.2) is 40.6 Å². The Morgan fingerprint density at radius 1 is 1.38 bits per heavy atom. The van der Waals surface area contributed by atoms with E-state index in [0.717, 1.165) is 30.9 Å². The van der Waals surface area contributed by atoms with Gasteiger partial charge in [-0.2, -0.15) is 0 Å². The quantitative estimate of drug-likeness (QED) is 0.905. The van der Waals surface area contributed by atoms with E-state index in [9.17, 15) is 4.79 Å². The van der Waals surface area contributed by atoms with Gasteiger partial charge in [-0.05, 0) is 37.5 Å². The molecule has 1 amide bonds. The van der Waals surface area contributed by atoms with Crippen LogP contribution >= 0.6 is 11.3 Å². The average Bonchev–Trinajstić information content (AvgIpc) is 2.92. The maximum absolute atomic E-state index is 12.5. The molecule has 118 valence electrons. The molecule has 1 aromatic heterocycles. The van der Waals surface area contributed by atoms with Crippen LogP contribution in [-0.2, 0) is 0 Å². The Hall–Kier alpha value is -1.17. The van der Waals surface area contributed by atoms with E-state index in [2.05, 4.69) is 36.3 Å². The van der Waals surface area contributed by atoms with Crippen LogP contribution in [0.4, 0.5) is 5.13 Å². The summed E-state index contributed by atoms with van der Waals surface area (Å²) in [5.41, 5.74) is 0.417. The molecule has 5 nitrogen and oxygen atoms in total. The topological polar surface area (TPSA) is 58.1 Å². The molecule has 0 aromatic carbocycles. The third-order valence-corrected chi connectivity index (χ3v) is 5.18. The highest BCUT2D eigenvalue weighted by Gasteiger charge is 2.31. The van der Waals surface area contributed by atoms with E-state index in [-0.39, 0.29) is 5.91 Å². The fourth-order valence-electron chi connectivity index (χ4n) is 2.70. The van der Waals surface area contributed by atoms with Crippen molar-refractivity contribution in [2.75, 3.05) is 18.9 Å². The molecule has 0 bridgehead atoms. The molecule has 0 atom stereocenters. The number of carbonyl (C=O) groups is 1. The van der Waals surface area contributed by atoms with Crippen molar-refractivity contribution >= 4 is 22.4 Å². The van der Waals surface area contributed by atoms with Gasteiger partial charge in [-0.3, -0.25) is 4.79 Å². The Morgan fingerprint density at radius 2 is 2.05 bits per heavy atom. The van der Waals surface area contributed by atoms with Crippen molar-refractivity contribution in [3.63, 3.8) is 0 Å². The first-order chi connectivity index (χ1) is 9.93. The van der Waals surface area contributed by atoms with Gasteiger partial charge in [-0.25, -0.2) is 0 Å². The molecule has 0 saturated heterocycles. The number of anilines is 1. The van der Waals surface area contributed by atoms with Gasteiger partial charge in [-0.15, -0.1) is 10.2 Å². The van der Waals surface area contributed by atoms with Crippen LogP contribution in [0, 0.1) is 5.41 Å². The summed E-state index contributed by atoms with van der Waals surface area (Å²) in [4.78, 5) is 14.4. The minimum atomic E-state index is 0.00162. The third-order valence-electron chi connectivity index (χ3n) is 4.31. The molecule has 1 aliphatic carbocycles. The van der Waals surface area contributed by atoms with E-state index in [1.54, 1.807) is 0 Å². The number of rotatable bonds is 5. The molecule has 21 heavy (non-hydrogen) atoms. The fourth-order valence-corrected chi connectivity index (χ4v) is 3.45. The van der Waals surface area contributed by atoms with Crippen molar-refractivity contribution in [1.82, 2.24) is 15.1 Å². The predicted molar refractivity (Wildman–Crippen MR) is 86.8 cm³/mol. The summed E-state index contributed by atoms with van der Waals surface area (Å²) in [5.74, 6) is 0.00162. The minimum absolute atomic E-state index is 0.00162. The summed E-state index contributed by atoms with van der Waals surface area (Å²) in [6, 6.07) is 0.335. The number of aromatic nitrogens is 2. The second-order valence-corrected chi connectivity index (χ2v) is 7.63. The number of nitrogens with one attached hydrogen (secondary N) is 1. The summed E-state index contributed by atoms with van der Waals surface area (Å²) < 4.78 is 0. The van der Waals surface area contributed by atoms with Crippen LogP contribution in [0.3, 0.4) is 0 Å². The highest BCUT2D eigenvalue weighted by Crippen LogP contribution is 2.37. The van der Waals surface area contributed by atoms with Gasteiger partial charge in [0, 0.05) is 19.6 Å². The zero-order valence-electron chi connectivity index (χ0n) is 13.5. The molecule has 1 fully saturated rings. The van der Waals surface area contributed by atoms with Gasteiger partial charge in [0.05, 0.1) is 0 Å². The molecule has 1 saturated carbocycles. The molecule has 1 aliphatic rings. The summed E-state index contributed by atoms with van der Waals surface area (Å²) in [5, 5.41) is 12.5. The van der Waals surface area contributed by atoms with Crippen LogP contribution in [0.15, 0.2) is 0 Å². The van der Waals surface area contributed by atoms with E-state index in [0.29, 0.717) is 16.5 Å². The molecule has 1 N–H and O–H groups in total. The van der Waals surface area contributed by atoms with Gasteiger partial charge in [0.2, 0.25) is 10.1 Å². The maximum atomic E-state index is 12.5. The number of nitrogens with zero attached hydrogens (tertiary/aromatic N) is 3. The molecule has 0 unspecified atom stereocenters. The lowest BCUT2D eigenvalue weighted by Gasteiger charge is -2.38. The van der Waals surface area contributed by atoms with Crippen molar-refractivity contribution in [2.45, 2.75) is 58.9 Å². The Balaban J connectivity index is 1.94. The van der Waals surface area contributed by atoms with Crippen molar-refractivity contribution < 1.29 is 4.79 Å². The zero-order chi connectivity index (χ0) is 15.5. The first-order valence-electron chi connectivity index (χ1n) is 7.77. The third kappa shape index (κ3) is 4.15. The predicted octanol–water partition coefficient (Wildman–Crippen LogP) is 3.40. The number of carbonyl (C=O) groups excluding carboxylic acids is 1. The van der Waals surface area contributed by atoms with Gasteiger partial charge in [0.15, 0.2) is 0 Å². The smallest absolute Gasteiger partial charge is 0.284 e. The van der Waals surface area contributed by atoms with Crippen molar-refractivity contribution in [3.8, 4) is 0 Å². The van der Waals surface area contributed by atoms with Gasteiger partial charge >= 0.3 is 0 Å². The summed E-state index contributed by atoms with van der Waals surface area (Å²) >= 11 is 1.35. The highest BCUT2D eigenvalue weighted by atomic mass is 32.1. The standard InChI is InChI=1S/C15H26N4OS/c1-5-10-16-14-18-17-12(21-14)13(20)19(4)11-6-8-15(2,3)9-7-11/h11H,5-10H2,1-4H3,(H,16,18). The van der Waals surface area contributed by atoms with E-state index in [4.69, 9.17) is 0 Å². The number of amides is 1. The molecule has 1 aromatic rings. The SMILES string of the molecule is CCCNc1nnc(C(=O)N(C)C2CCC(C)(C)CC2)s1. The maximum Gasteiger partial charge on any atom is 0.284 e. The van der Waals surface area contributed by atoms with Gasteiger partial charge in [-0.1, -0.05) is 32.1 Å². The minimum Gasteiger partial charge on any atom is -0.360 e. The van der Waals surface area contributed by atoms with Crippen LogP contribution in [0.5, 0.6) is 0 Å². The Kier molecular flexibility index (Phi) is 5.19. The second kappa shape index (κ2) is 6.73. The Morgan fingerprint density at radius 3 is 2.67 bits per heavy atom. The first kappa shape index (κ1) is 16.2. The van der Waals surface area contributed by atoms with Gasteiger partial charge in [0.1, 0.15) is 0 Å². The molecule has 0 aliphatic heterocycles. The lowest BCUT2D eigenvalue weighted by molar-refractivity contribution is 0.0634. The number of hydrogen-bond donors (Lipinski definition) is 1. The van der Waals surface area contributed by atoms with Crippen molar-refractivity contribution in [2.24, 2.45) is 5.41 Å². The summed E-state index contributed by atoms with van der Waals surface area (Å²) in [6.45, 7) is 7.57. The fraction of sp³-hybridized carbons (Fsp3) is 0.800. The molecule has 2 rings (SSSR count). The molecular formula is C15H26N4OS. The summed E-state index contributed by atoms with van der Waals surface area (Å²) in [7, 11) is 1.89. The summed E-state index contributed by atoms with van der Waals surface area (Å²) in [6.07, 6.45) is 5.54.